The standard InChI is InChI=1S/C11H15N/c1-2-8-3-5-9(6-4-8)10-7-11(10)12/h3-6,10-11H,2,7,12H2,1H3/t10-,11+/m0/s1. The quantitative estimate of drug-likeness (QED) is 0.706. The van der Waals surface area contributed by atoms with Crippen molar-refractivity contribution < 1.29 is 0 Å². The van der Waals surface area contributed by atoms with Crippen LogP contribution >= 0.6 is 0 Å². The van der Waals surface area contributed by atoms with Crippen molar-refractivity contribution in [2.45, 2.75) is 31.7 Å². The molecule has 64 valence electrons. The Hall–Kier alpha value is -0.820. The number of rotatable bonds is 2. The molecular weight excluding hydrogens is 146 g/mol. The second-order valence-electron chi connectivity index (χ2n) is 3.60. The Kier molecular flexibility index (Phi) is 1.89. The van der Waals surface area contributed by atoms with E-state index < -0.39 is 0 Å². The average Bonchev–Trinajstić information content (AvgIpc) is 2.83. The van der Waals surface area contributed by atoms with Crippen LogP contribution in [0.15, 0.2) is 24.3 Å². The molecule has 0 aromatic heterocycles. The van der Waals surface area contributed by atoms with E-state index in [1.54, 1.807) is 0 Å². The highest BCUT2D eigenvalue weighted by Crippen LogP contribution is 2.38. The lowest BCUT2D eigenvalue weighted by Gasteiger charge is -1.99. The van der Waals surface area contributed by atoms with Gasteiger partial charge in [0.2, 0.25) is 0 Å². The van der Waals surface area contributed by atoms with Crippen LogP contribution in [0.4, 0.5) is 0 Å². The van der Waals surface area contributed by atoms with Gasteiger partial charge in [0.05, 0.1) is 0 Å². The van der Waals surface area contributed by atoms with Gasteiger partial charge in [0.25, 0.3) is 0 Å². The third-order valence-electron chi connectivity index (χ3n) is 2.66. The van der Waals surface area contributed by atoms with Gasteiger partial charge in [-0.2, -0.15) is 0 Å². The lowest BCUT2D eigenvalue weighted by Crippen LogP contribution is -2.00. The van der Waals surface area contributed by atoms with Gasteiger partial charge in [-0.05, 0) is 24.0 Å². The molecule has 0 spiro atoms. The fraction of sp³-hybridized carbons (Fsp3) is 0.455. The molecule has 1 aliphatic rings. The van der Waals surface area contributed by atoms with E-state index in [4.69, 9.17) is 5.73 Å². The molecule has 1 saturated carbocycles. The van der Waals surface area contributed by atoms with Gasteiger partial charge < -0.3 is 5.73 Å². The van der Waals surface area contributed by atoms with Crippen LogP contribution in [0.25, 0.3) is 0 Å². The molecule has 0 aliphatic heterocycles. The second kappa shape index (κ2) is 2.91. The number of nitrogens with two attached hydrogens (primary N) is 1. The van der Waals surface area contributed by atoms with Gasteiger partial charge in [0, 0.05) is 12.0 Å². The normalized spacial score (nSPS) is 27.2. The van der Waals surface area contributed by atoms with Crippen molar-refractivity contribution in [1.82, 2.24) is 0 Å². The average molecular weight is 161 g/mol. The number of benzene rings is 1. The number of hydrogen-bond donors (Lipinski definition) is 1. The van der Waals surface area contributed by atoms with Crippen molar-refractivity contribution in [3.8, 4) is 0 Å². The smallest absolute Gasteiger partial charge is 0.0115 e. The maximum atomic E-state index is 5.77. The van der Waals surface area contributed by atoms with Gasteiger partial charge >= 0.3 is 0 Å². The van der Waals surface area contributed by atoms with E-state index in [9.17, 15) is 0 Å². The molecule has 2 N–H and O–H groups in total. The first-order valence-electron chi connectivity index (χ1n) is 4.65. The predicted molar refractivity (Wildman–Crippen MR) is 51.2 cm³/mol. The largest absolute Gasteiger partial charge is 0.327 e. The molecule has 1 aliphatic carbocycles. The Morgan fingerprint density at radius 3 is 2.33 bits per heavy atom. The molecule has 0 heterocycles. The third kappa shape index (κ3) is 1.37. The molecule has 1 heteroatoms. The van der Waals surface area contributed by atoms with Crippen LogP contribution < -0.4 is 5.73 Å². The molecule has 0 saturated heterocycles. The highest BCUT2D eigenvalue weighted by Gasteiger charge is 2.34. The van der Waals surface area contributed by atoms with Crippen molar-refractivity contribution in [1.29, 1.82) is 0 Å². The Labute approximate surface area is 73.6 Å². The van der Waals surface area contributed by atoms with E-state index in [0.29, 0.717) is 12.0 Å². The van der Waals surface area contributed by atoms with Crippen LogP contribution in [-0.2, 0) is 6.42 Å². The van der Waals surface area contributed by atoms with E-state index >= 15 is 0 Å². The Bertz CT molecular complexity index is 263. The van der Waals surface area contributed by atoms with Crippen LogP contribution in [0, 0.1) is 0 Å². The van der Waals surface area contributed by atoms with Crippen molar-refractivity contribution in [3.63, 3.8) is 0 Å². The zero-order valence-electron chi connectivity index (χ0n) is 7.46. The van der Waals surface area contributed by atoms with Gasteiger partial charge in [0.1, 0.15) is 0 Å². The Balaban J connectivity index is 2.14. The summed E-state index contributed by atoms with van der Waals surface area (Å²) in [4.78, 5) is 0. The minimum atomic E-state index is 0.428. The van der Waals surface area contributed by atoms with Crippen LogP contribution in [0.5, 0.6) is 0 Å². The van der Waals surface area contributed by atoms with E-state index in [2.05, 4.69) is 31.2 Å². The van der Waals surface area contributed by atoms with Gasteiger partial charge in [0.15, 0.2) is 0 Å². The monoisotopic (exact) mass is 161 g/mol. The summed E-state index contributed by atoms with van der Waals surface area (Å²) in [5, 5.41) is 0. The second-order valence-corrected chi connectivity index (χ2v) is 3.60. The first kappa shape index (κ1) is 7.81. The molecule has 0 radical (unpaired) electrons. The van der Waals surface area contributed by atoms with Crippen LogP contribution in [-0.4, -0.2) is 6.04 Å². The maximum Gasteiger partial charge on any atom is 0.0115 e. The van der Waals surface area contributed by atoms with E-state index in [-0.39, 0.29) is 0 Å². The fourth-order valence-corrected chi connectivity index (χ4v) is 1.60. The summed E-state index contributed by atoms with van der Waals surface area (Å²) >= 11 is 0. The lowest BCUT2D eigenvalue weighted by atomic mass is 10.1. The van der Waals surface area contributed by atoms with Gasteiger partial charge in [-0.25, -0.2) is 0 Å². The van der Waals surface area contributed by atoms with Gasteiger partial charge in [-0.1, -0.05) is 31.2 Å². The molecule has 1 aromatic carbocycles. The summed E-state index contributed by atoms with van der Waals surface area (Å²) in [6.45, 7) is 2.18. The van der Waals surface area contributed by atoms with Gasteiger partial charge in [-0.15, -0.1) is 0 Å². The maximum absolute atomic E-state index is 5.77. The molecule has 2 atom stereocenters. The SMILES string of the molecule is CCc1ccc([C@@H]2C[C@H]2N)cc1. The zero-order chi connectivity index (χ0) is 8.55. The molecule has 12 heavy (non-hydrogen) atoms. The predicted octanol–water partition coefficient (Wildman–Crippen LogP) is 2.06. The summed E-state index contributed by atoms with van der Waals surface area (Å²) in [5.41, 5.74) is 8.60. The summed E-state index contributed by atoms with van der Waals surface area (Å²) in [7, 11) is 0. The van der Waals surface area contributed by atoms with Crippen LogP contribution in [0.2, 0.25) is 0 Å². The summed E-state index contributed by atoms with van der Waals surface area (Å²) in [6.07, 6.45) is 2.29. The molecule has 1 aromatic rings. The van der Waals surface area contributed by atoms with Crippen LogP contribution in [0.1, 0.15) is 30.4 Å². The molecule has 0 unspecified atom stereocenters. The topological polar surface area (TPSA) is 26.0 Å². The molecule has 1 nitrogen and oxygen atoms in total. The first-order valence-corrected chi connectivity index (χ1v) is 4.65. The number of hydrogen-bond acceptors (Lipinski definition) is 1. The minimum Gasteiger partial charge on any atom is -0.327 e. The third-order valence-corrected chi connectivity index (χ3v) is 2.66. The number of aryl methyl sites for hydroxylation is 1. The van der Waals surface area contributed by atoms with E-state index in [1.807, 2.05) is 0 Å². The van der Waals surface area contributed by atoms with E-state index in [1.165, 1.54) is 17.5 Å². The Morgan fingerprint density at radius 1 is 1.33 bits per heavy atom. The zero-order valence-corrected chi connectivity index (χ0v) is 7.46. The highest BCUT2D eigenvalue weighted by molar-refractivity contribution is 5.30. The summed E-state index contributed by atoms with van der Waals surface area (Å²) in [5.74, 6) is 0.649. The van der Waals surface area contributed by atoms with Crippen molar-refractivity contribution in [3.05, 3.63) is 35.4 Å². The van der Waals surface area contributed by atoms with Crippen molar-refractivity contribution in [2.24, 2.45) is 5.73 Å². The van der Waals surface area contributed by atoms with Crippen molar-refractivity contribution >= 4 is 0 Å². The highest BCUT2D eigenvalue weighted by atomic mass is 14.7. The molecule has 1 fully saturated rings. The lowest BCUT2D eigenvalue weighted by molar-refractivity contribution is 0.987. The molecule has 0 amide bonds. The molecule has 2 rings (SSSR count). The van der Waals surface area contributed by atoms with Crippen molar-refractivity contribution in [2.75, 3.05) is 0 Å². The minimum absolute atomic E-state index is 0.428. The fourth-order valence-electron chi connectivity index (χ4n) is 1.60. The molecular formula is C11H15N. The first-order chi connectivity index (χ1) is 5.81. The summed E-state index contributed by atoms with van der Waals surface area (Å²) in [6, 6.07) is 9.28. The molecule has 0 bridgehead atoms. The van der Waals surface area contributed by atoms with Crippen LogP contribution in [0.3, 0.4) is 0 Å². The van der Waals surface area contributed by atoms with E-state index in [0.717, 1.165) is 6.42 Å². The van der Waals surface area contributed by atoms with Gasteiger partial charge in [-0.3, -0.25) is 0 Å². The summed E-state index contributed by atoms with van der Waals surface area (Å²) < 4.78 is 0. The Morgan fingerprint density at radius 2 is 1.92 bits per heavy atom.